The summed E-state index contributed by atoms with van der Waals surface area (Å²) in [6.07, 6.45) is -13.8. The molecule has 0 bridgehead atoms. The van der Waals surface area contributed by atoms with Crippen LogP contribution in [0.2, 0.25) is 0 Å². The minimum absolute atomic E-state index is 0.370. The van der Waals surface area contributed by atoms with Gasteiger partial charge in [-0.3, -0.25) is 0 Å². The summed E-state index contributed by atoms with van der Waals surface area (Å²) in [7, 11) is 1.52. The van der Waals surface area contributed by atoms with Crippen LogP contribution in [0.1, 0.15) is 6.92 Å². The number of rotatable bonds is 6. The highest BCUT2D eigenvalue weighted by Gasteiger charge is 2.50. The Labute approximate surface area is 172 Å². The molecular formula is C19H28O11. The second kappa shape index (κ2) is 9.73. The van der Waals surface area contributed by atoms with Crippen LogP contribution >= 0.6 is 0 Å². The van der Waals surface area contributed by atoms with Crippen molar-refractivity contribution in [2.24, 2.45) is 0 Å². The van der Waals surface area contributed by atoms with Gasteiger partial charge < -0.3 is 54.3 Å². The lowest BCUT2D eigenvalue weighted by atomic mass is 9.97. The standard InChI is InChI=1S/C19H28O11/c1-8-12(21)17(30-18-15(24)14(23)13(22)11(7-20)29-18)16(25)19(27-8)28-10-5-3-9(26-2)4-6-10/h3-6,8,11-25H,7H2,1-2H3/t8-,11+,12-,13+,14-,15-,16+,17+,18+,19-/m0/s1. The molecule has 2 saturated heterocycles. The molecule has 0 radical (unpaired) electrons. The second-order valence-electron chi connectivity index (χ2n) is 7.28. The van der Waals surface area contributed by atoms with Crippen LogP contribution in [0, 0.1) is 0 Å². The van der Waals surface area contributed by atoms with E-state index in [2.05, 4.69) is 0 Å². The molecule has 2 aliphatic heterocycles. The first-order chi connectivity index (χ1) is 14.3. The van der Waals surface area contributed by atoms with Gasteiger partial charge in [-0.15, -0.1) is 0 Å². The van der Waals surface area contributed by atoms with Crippen LogP contribution in [-0.4, -0.2) is 106 Å². The molecule has 3 rings (SSSR count). The lowest BCUT2D eigenvalue weighted by Crippen LogP contribution is -2.64. The fourth-order valence-electron chi connectivity index (χ4n) is 3.38. The van der Waals surface area contributed by atoms with Gasteiger partial charge in [-0.25, -0.2) is 0 Å². The number of hydrogen-bond acceptors (Lipinski definition) is 11. The normalized spacial score (nSPS) is 42.0. The Hall–Kier alpha value is -1.54. The van der Waals surface area contributed by atoms with Gasteiger partial charge >= 0.3 is 0 Å². The zero-order valence-corrected chi connectivity index (χ0v) is 16.5. The van der Waals surface area contributed by atoms with Crippen molar-refractivity contribution in [3.63, 3.8) is 0 Å². The van der Waals surface area contributed by atoms with Gasteiger partial charge in [-0.2, -0.15) is 0 Å². The van der Waals surface area contributed by atoms with E-state index in [1.165, 1.54) is 7.11 Å². The van der Waals surface area contributed by atoms with Gasteiger partial charge in [0.25, 0.3) is 0 Å². The van der Waals surface area contributed by atoms with Crippen molar-refractivity contribution in [1.29, 1.82) is 0 Å². The summed E-state index contributed by atoms with van der Waals surface area (Å²) >= 11 is 0. The summed E-state index contributed by atoms with van der Waals surface area (Å²) < 4.78 is 27.1. The maximum Gasteiger partial charge on any atom is 0.229 e. The number of methoxy groups -OCH3 is 1. The van der Waals surface area contributed by atoms with E-state index >= 15 is 0 Å². The first-order valence-corrected chi connectivity index (χ1v) is 9.55. The molecule has 2 aliphatic rings. The van der Waals surface area contributed by atoms with Crippen LogP contribution in [0.3, 0.4) is 0 Å². The topological polar surface area (TPSA) is 168 Å². The zero-order chi connectivity index (χ0) is 22.0. The molecule has 1 aromatic rings. The van der Waals surface area contributed by atoms with E-state index in [1.807, 2.05) is 0 Å². The highest BCUT2D eigenvalue weighted by atomic mass is 16.7. The van der Waals surface area contributed by atoms with Gasteiger partial charge in [-0.05, 0) is 31.2 Å². The SMILES string of the molecule is COc1ccc(O[C@@H]2O[C@@H](C)[C@H](O)[C@@H](O[C@H]3O[C@H](CO)[C@@H](O)[C@H](O)[C@@H]3O)[C@H]2O)cc1. The predicted molar refractivity (Wildman–Crippen MR) is 98.6 cm³/mol. The van der Waals surface area contributed by atoms with Crippen LogP contribution in [0.15, 0.2) is 24.3 Å². The van der Waals surface area contributed by atoms with Crippen LogP contribution in [0.4, 0.5) is 0 Å². The molecule has 2 fully saturated rings. The minimum Gasteiger partial charge on any atom is -0.497 e. The van der Waals surface area contributed by atoms with Crippen molar-refractivity contribution < 1.29 is 54.3 Å². The summed E-state index contributed by atoms with van der Waals surface area (Å²) in [5, 5.41) is 60.4. The molecule has 11 heteroatoms. The summed E-state index contributed by atoms with van der Waals surface area (Å²) in [6.45, 7) is 0.911. The highest BCUT2D eigenvalue weighted by Crippen LogP contribution is 2.30. The Balaban J connectivity index is 1.72. The Morgan fingerprint density at radius 1 is 0.800 bits per heavy atom. The number of ether oxygens (including phenoxy) is 5. The van der Waals surface area contributed by atoms with Crippen molar-refractivity contribution in [2.45, 2.75) is 68.3 Å². The first-order valence-electron chi connectivity index (χ1n) is 9.55. The average Bonchev–Trinajstić information content (AvgIpc) is 2.75. The Morgan fingerprint density at radius 2 is 1.43 bits per heavy atom. The largest absolute Gasteiger partial charge is 0.497 e. The maximum absolute atomic E-state index is 10.7. The minimum atomic E-state index is -1.68. The van der Waals surface area contributed by atoms with Gasteiger partial charge in [0.1, 0.15) is 54.2 Å². The quantitative estimate of drug-likeness (QED) is 0.287. The third-order valence-corrected chi connectivity index (χ3v) is 5.23. The molecule has 11 nitrogen and oxygen atoms in total. The Morgan fingerprint density at radius 3 is 2.03 bits per heavy atom. The molecule has 170 valence electrons. The Kier molecular flexibility index (Phi) is 7.50. The summed E-state index contributed by atoms with van der Waals surface area (Å²) in [4.78, 5) is 0. The van der Waals surface area contributed by atoms with E-state index < -0.39 is 68.0 Å². The smallest absolute Gasteiger partial charge is 0.229 e. The van der Waals surface area contributed by atoms with Crippen LogP contribution < -0.4 is 9.47 Å². The molecule has 10 atom stereocenters. The van der Waals surface area contributed by atoms with E-state index in [0.717, 1.165) is 0 Å². The van der Waals surface area contributed by atoms with Crippen LogP contribution in [0.25, 0.3) is 0 Å². The zero-order valence-electron chi connectivity index (χ0n) is 16.5. The number of aliphatic hydroxyl groups excluding tert-OH is 6. The Bertz CT molecular complexity index is 669. The molecular weight excluding hydrogens is 404 g/mol. The van der Waals surface area contributed by atoms with E-state index in [0.29, 0.717) is 11.5 Å². The number of aliphatic hydroxyl groups is 6. The van der Waals surface area contributed by atoms with E-state index in [-0.39, 0.29) is 0 Å². The molecule has 0 amide bonds. The van der Waals surface area contributed by atoms with E-state index in [1.54, 1.807) is 31.2 Å². The third kappa shape index (κ3) is 4.69. The molecule has 0 unspecified atom stereocenters. The maximum atomic E-state index is 10.7. The summed E-state index contributed by atoms with van der Waals surface area (Å²) in [6, 6.07) is 6.53. The highest BCUT2D eigenvalue weighted by molar-refractivity contribution is 5.31. The van der Waals surface area contributed by atoms with Crippen LogP contribution in [0.5, 0.6) is 11.5 Å². The third-order valence-electron chi connectivity index (χ3n) is 5.23. The molecule has 1 aromatic carbocycles. The lowest BCUT2D eigenvalue weighted by Gasteiger charge is -2.45. The monoisotopic (exact) mass is 432 g/mol. The molecule has 30 heavy (non-hydrogen) atoms. The van der Waals surface area contributed by atoms with Gasteiger partial charge in [0.05, 0.1) is 19.8 Å². The molecule has 2 heterocycles. The van der Waals surface area contributed by atoms with E-state index in [9.17, 15) is 30.6 Å². The van der Waals surface area contributed by atoms with Crippen LogP contribution in [-0.2, 0) is 14.2 Å². The van der Waals surface area contributed by atoms with E-state index in [4.69, 9.17) is 23.7 Å². The number of benzene rings is 1. The van der Waals surface area contributed by atoms with Crippen molar-refractivity contribution in [2.75, 3.05) is 13.7 Å². The van der Waals surface area contributed by atoms with Gasteiger partial charge in [-0.1, -0.05) is 0 Å². The molecule has 0 spiro atoms. The first kappa shape index (κ1) is 23.1. The van der Waals surface area contributed by atoms with Gasteiger partial charge in [0.2, 0.25) is 6.29 Å². The average molecular weight is 432 g/mol. The fraction of sp³-hybridized carbons (Fsp3) is 0.684. The van der Waals surface area contributed by atoms with Crippen molar-refractivity contribution >= 4 is 0 Å². The summed E-state index contributed by atoms with van der Waals surface area (Å²) in [5.41, 5.74) is 0. The molecule has 6 N–H and O–H groups in total. The fourth-order valence-corrected chi connectivity index (χ4v) is 3.38. The lowest BCUT2D eigenvalue weighted by molar-refractivity contribution is -0.350. The predicted octanol–water partition coefficient (Wildman–Crippen LogP) is -2.27. The second-order valence-corrected chi connectivity index (χ2v) is 7.28. The molecule has 0 saturated carbocycles. The van der Waals surface area contributed by atoms with Crippen molar-refractivity contribution in [3.05, 3.63) is 24.3 Å². The van der Waals surface area contributed by atoms with Crippen molar-refractivity contribution in [1.82, 2.24) is 0 Å². The summed E-state index contributed by atoms with van der Waals surface area (Å²) in [5.74, 6) is 0.982. The molecule has 0 aliphatic carbocycles. The molecule has 0 aromatic heterocycles. The number of hydrogen-bond donors (Lipinski definition) is 6. The van der Waals surface area contributed by atoms with Gasteiger partial charge in [0, 0.05) is 0 Å². The van der Waals surface area contributed by atoms with Gasteiger partial charge in [0.15, 0.2) is 6.29 Å². The van der Waals surface area contributed by atoms with Crippen molar-refractivity contribution in [3.8, 4) is 11.5 Å².